The summed E-state index contributed by atoms with van der Waals surface area (Å²) in [5.41, 5.74) is 3.43. The van der Waals surface area contributed by atoms with Crippen LogP contribution in [0.4, 0.5) is 4.39 Å². The highest BCUT2D eigenvalue weighted by Crippen LogP contribution is 2.49. The van der Waals surface area contributed by atoms with Crippen molar-refractivity contribution in [1.29, 1.82) is 0 Å². The molecule has 0 spiro atoms. The third kappa shape index (κ3) is 3.07. The van der Waals surface area contributed by atoms with Crippen LogP contribution in [0.25, 0.3) is 11.1 Å². The van der Waals surface area contributed by atoms with E-state index in [1.165, 1.54) is 19.1 Å². The largest absolute Gasteiger partial charge is 0.493 e. The molecule has 1 aliphatic rings. The molecule has 1 amide bonds. The van der Waals surface area contributed by atoms with Gasteiger partial charge in [0.15, 0.2) is 11.5 Å². The average molecular weight is 359 g/mol. The maximum absolute atomic E-state index is 13.9. The van der Waals surface area contributed by atoms with Crippen LogP contribution in [0, 0.1) is 5.82 Å². The predicted molar refractivity (Wildman–Crippen MR) is 96.4 cm³/mol. The van der Waals surface area contributed by atoms with Crippen molar-refractivity contribution in [2.75, 3.05) is 21.3 Å². The maximum atomic E-state index is 13.9. The Morgan fingerprint density at radius 2 is 1.81 bits per heavy atom. The van der Waals surface area contributed by atoms with Crippen LogP contribution in [0.1, 0.15) is 30.5 Å². The van der Waals surface area contributed by atoms with Crippen molar-refractivity contribution in [1.82, 2.24) is 5.32 Å². The van der Waals surface area contributed by atoms with Gasteiger partial charge < -0.3 is 19.5 Å². The van der Waals surface area contributed by atoms with Gasteiger partial charge in [-0.1, -0.05) is 6.07 Å². The SMILES string of the molecule is COc1cc2c(c(OC)c1OC)CC[C@H](NC(C)=O)c1cc(F)ccc1-2. The standard InChI is InChI=1S/C20H22FNO4/c1-11(23)22-17-8-7-14-15(13-6-5-12(21)9-16(13)17)10-18(24-2)20(26-4)19(14)25-3/h5-6,9-10,17H,7-8H2,1-4H3,(H,22,23)/t17-/m0/s1. The third-order valence-electron chi connectivity index (χ3n) is 4.67. The molecule has 0 radical (unpaired) electrons. The van der Waals surface area contributed by atoms with Crippen LogP contribution in [-0.2, 0) is 11.2 Å². The highest BCUT2D eigenvalue weighted by atomic mass is 19.1. The van der Waals surface area contributed by atoms with Crippen LogP contribution in [0.3, 0.4) is 0 Å². The van der Waals surface area contributed by atoms with E-state index in [-0.39, 0.29) is 17.8 Å². The number of halogens is 1. The van der Waals surface area contributed by atoms with Gasteiger partial charge in [0.05, 0.1) is 27.4 Å². The molecule has 2 aromatic rings. The third-order valence-corrected chi connectivity index (χ3v) is 4.67. The number of rotatable bonds is 4. The number of nitrogens with one attached hydrogen (secondary N) is 1. The Hall–Kier alpha value is -2.76. The minimum absolute atomic E-state index is 0.154. The first-order valence-corrected chi connectivity index (χ1v) is 8.38. The topological polar surface area (TPSA) is 56.8 Å². The van der Waals surface area contributed by atoms with Crippen LogP contribution in [0.15, 0.2) is 24.3 Å². The molecule has 26 heavy (non-hydrogen) atoms. The molecule has 0 aliphatic heterocycles. The van der Waals surface area contributed by atoms with E-state index >= 15 is 0 Å². The van der Waals surface area contributed by atoms with Crippen molar-refractivity contribution < 1.29 is 23.4 Å². The molecule has 2 aromatic carbocycles. The van der Waals surface area contributed by atoms with Crippen molar-refractivity contribution in [3.63, 3.8) is 0 Å². The van der Waals surface area contributed by atoms with E-state index in [1.807, 2.05) is 6.07 Å². The van der Waals surface area contributed by atoms with Crippen molar-refractivity contribution in [2.24, 2.45) is 0 Å². The molecule has 1 aliphatic carbocycles. The van der Waals surface area contributed by atoms with Crippen molar-refractivity contribution in [3.8, 4) is 28.4 Å². The molecular weight excluding hydrogens is 337 g/mol. The van der Waals surface area contributed by atoms with E-state index in [0.29, 0.717) is 30.1 Å². The second-order valence-corrected chi connectivity index (χ2v) is 6.19. The Balaban J connectivity index is 2.28. The summed E-state index contributed by atoms with van der Waals surface area (Å²) < 4.78 is 30.5. The molecule has 0 fully saturated rings. The fourth-order valence-electron chi connectivity index (χ4n) is 3.61. The minimum atomic E-state index is -0.338. The van der Waals surface area contributed by atoms with Crippen molar-refractivity contribution in [3.05, 3.63) is 41.2 Å². The molecule has 0 aromatic heterocycles. The second kappa shape index (κ2) is 7.23. The number of fused-ring (bicyclic) bond motifs is 3. The fourth-order valence-corrected chi connectivity index (χ4v) is 3.61. The first-order valence-electron chi connectivity index (χ1n) is 8.38. The molecule has 138 valence electrons. The van der Waals surface area contributed by atoms with Gasteiger partial charge in [-0.15, -0.1) is 0 Å². The number of hydrogen-bond donors (Lipinski definition) is 1. The van der Waals surface area contributed by atoms with E-state index in [4.69, 9.17) is 14.2 Å². The summed E-state index contributed by atoms with van der Waals surface area (Å²) in [6.07, 6.45) is 1.26. The summed E-state index contributed by atoms with van der Waals surface area (Å²) >= 11 is 0. The number of ether oxygens (including phenoxy) is 3. The minimum Gasteiger partial charge on any atom is -0.493 e. The molecule has 0 saturated heterocycles. The van der Waals surface area contributed by atoms with Gasteiger partial charge in [0.2, 0.25) is 11.7 Å². The molecule has 0 heterocycles. The summed E-state index contributed by atoms with van der Waals surface area (Å²) in [6.45, 7) is 1.46. The summed E-state index contributed by atoms with van der Waals surface area (Å²) in [6, 6.07) is 6.22. The zero-order valence-electron chi connectivity index (χ0n) is 15.3. The van der Waals surface area contributed by atoms with Gasteiger partial charge in [0, 0.05) is 12.5 Å². The maximum Gasteiger partial charge on any atom is 0.217 e. The molecule has 0 saturated carbocycles. The van der Waals surface area contributed by atoms with E-state index in [1.54, 1.807) is 27.4 Å². The molecular formula is C20H22FNO4. The Morgan fingerprint density at radius 3 is 2.42 bits per heavy atom. The normalized spacial score (nSPS) is 15.3. The zero-order chi connectivity index (χ0) is 18.8. The highest BCUT2D eigenvalue weighted by Gasteiger charge is 2.28. The molecule has 0 bridgehead atoms. The van der Waals surface area contributed by atoms with Crippen molar-refractivity contribution >= 4 is 5.91 Å². The molecule has 1 atom stereocenters. The lowest BCUT2D eigenvalue weighted by Gasteiger charge is -2.19. The Kier molecular flexibility index (Phi) is 5.02. The van der Waals surface area contributed by atoms with E-state index < -0.39 is 0 Å². The van der Waals surface area contributed by atoms with Crippen LogP contribution < -0.4 is 19.5 Å². The van der Waals surface area contributed by atoms with Crippen LogP contribution in [0.2, 0.25) is 0 Å². The Morgan fingerprint density at radius 1 is 1.08 bits per heavy atom. The summed E-state index contributed by atoms with van der Waals surface area (Å²) in [4.78, 5) is 11.6. The van der Waals surface area contributed by atoms with Gasteiger partial charge in [0.25, 0.3) is 0 Å². The zero-order valence-corrected chi connectivity index (χ0v) is 15.3. The second-order valence-electron chi connectivity index (χ2n) is 6.19. The predicted octanol–water partition coefficient (Wildman–Crippen LogP) is 3.64. The quantitative estimate of drug-likeness (QED) is 0.905. The average Bonchev–Trinajstić information content (AvgIpc) is 2.76. The Bertz CT molecular complexity index is 850. The molecule has 6 heteroatoms. The lowest BCUT2D eigenvalue weighted by molar-refractivity contribution is -0.119. The van der Waals surface area contributed by atoms with Gasteiger partial charge in [-0.3, -0.25) is 4.79 Å². The number of hydrogen-bond acceptors (Lipinski definition) is 4. The Labute approximate surface area is 152 Å². The molecule has 5 nitrogen and oxygen atoms in total. The monoisotopic (exact) mass is 359 g/mol. The van der Waals surface area contributed by atoms with Gasteiger partial charge in [-0.05, 0) is 47.7 Å². The summed E-state index contributed by atoms with van der Waals surface area (Å²) in [5, 5.41) is 2.93. The van der Waals surface area contributed by atoms with Crippen LogP contribution in [-0.4, -0.2) is 27.2 Å². The highest BCUT2D eigenvalue weighted by molar-refractivity contribution is 5.80. The van der Waals surface area contributed by atoms with Crippen molar-refractivity contribution in [2.45, 2.75) is 25.8 Å². The number of carbonyl (C=O) groups is 1. The first-order chi connectivity index (χ1) is 12.5. The van der Waals surface area contributed by atoms with Gasteiger partial charge in [-0.25, -0.2) is 4.39 Å². The lowest BCUT2D eigenvalue weighted by atomic mass is 9.94. The summed E-state index contributed by atoms with van der Waals surface area (Å²) in [7, 11) is 4.71. The number of amides is 1. The summed E-state index contributed by atoms with van der Waals surface area (Å²) in [5.74, 6) is 1.17. The molecule has 3 rings (SSSR count). The van der Waals surface area contributed by atoms with Crippen LogP contribution in [0.5, 0.6) is 17.2 Å². The lowest BCUT2D eigenvalue weighted by Crippen LogP contribution is -2.26. The number of carbonyl (C=O) groups excluding carboxylic acids is 1. The molecule has 1 N–H and O–H groups in total. The van der Waals surface area contributed by atoms with Crippen LogP contribution >= 0.6 is 0 Å². The van der Waals surface area contributed by atoms with Gasteiger partial charge in [-0.2, -0.15) is 0 Å². The number of methoxy groups -OCH3 is 3. The first kappa shape index (κ1) is 18.0. The number of benzene rings is 2. The molecule has 0 unspecified atom stereocenters. The van der Waals surface area contributed by atoms with E-state index in [9.17, 15) is 9.18 Å². The smallest absolute Gasteiger partial charge is 0.217 e. The van der Waals surface area contributed by atoms with E-state index in [0.717, 1.165) is 22.3 Å². The van der Waals surface area contributed by atoms with Gasteiger partial charge >= 0.3 is 0 Å². The van der Waals surface area contributed by atoms with E-state index in [2.05, 4.69) is 5.32 Å². The van der Waals surface area contributed by atoms with Gasteiger partial charge in [0.1, 0.15) is 5.82 Å². The fraction of sp³-hybridized carbons (Fsp3) is 0.350.